The van der Waals surface area contributed by atoms with Gasteiger partial charge in [0.05, 0.1) is 0 Å². The average molecular weight is 405 g/mol. The van der Waals surface area contributed by atoms with E-state index in [1.807, 2.05) is 24.5 Å². The zero-order chi connectivity index (χ0) is 20.9. The van der Waals surface area contributed by atoms with E-state index in [9.17, 15) is 4.79 Å². The predicted octanol–water partition coefficient (Wildman–Crippen LogP) is 4.47. The number of aromatic nitrogens is 2. The molecule has 0 spiro atoms. The van der Waals surface area contributed by atoms with Crippen molar-refractivity contribution in [2.24, 2.45) is 5.92 Å². The largest absolute Gasteiger partial charge is 0.361 e. The van der Waals surface area contributed by atoms with Crippen LogP contribution in [0.15, 0.2) is 55.0 Å². The monoisotopic (exact) mass is 404 g/mol. The highest BCUT2D eigenvalue weighted by molar-refractivity contribution is 5.85. The summed E-state index contributed by atoms with van der Waals surface area (Å²) in [6.07, 6.45) is 8.38. The van der Waals surface area contributed by atoms with Crippen LogP contribution in [0.2, 0.25) is 0 Å². The van der Waals surface area contributed by atoms with Crippen molar-refractivity contribution < 1.29 is 4.79 Å². The van der Waals surface area contributed by atoms with Gasteiger partial charge in [-0.05, 0) is 47.9 Å². The van der Waals surface area contributed by atoms with E-state index in [1.165, 1.54) is 16.5 Å². The molecule has 5 nitrogen and oxygen atoms in total. The van der Waals surface area contributed by atoms with Gasteiger partial charge in [0.2, 0.25) is 5.91 Å². The molecule has 1 aromatic carbocycles. The number of hydrogen-bond donors (Lipinski definition) is 2. The van der Waals surface area contributed by atoms with E-state index in [4.69, 9.17) is 0 Å². The van der Waals surface area contributed by atoms with Gasteiger partial charge in [0, 0.05) is 61.6 Å². The fraction of sp³-hybridized carbons (Fsp3) is 0.440. The van der Waals surface area contributed by atoms with Gasteiger partial charge < -0.3 is 10.3 Å². The minimum Gasteiger partial charge on any atom is -0.361 e. The molecule has 0 aliphatic carbocycles. The van der Waals surface area contributed by atoms with Crippen LogP contribution in [0.25, 0.3) is 10.9 Å². The van der Waals surface area contributed by atoms with E-state index in [0.717, 1.165) is 38.0 Å². The first-order valence-corrected chi connectivity index (χ1v) is 11.1. The van der Waals surface area contributed by atoms with Gasteiger partial charge in [-0.3, -0.25) is 14.7 Å². The van der Waals surface area contributed by atoms with Gasteiger partial charge in [-0.2, -0.15) is 0 Å². The Morgan fingerprint density at radius 2 is 2.00 bits per heavy atom. The van der Waals surface area contributed by atoms with E-state index >= 15 is 0 Å². The number of fused-ring (bicyclic) bond motifs is 1. The third-order valence-electron chi connectivity index (χ3n) is 6.31. The number of aromatic amines is 1. The van der Waals surface area contributed by atoms with Crippen molar-refractivity contribution in [3.8, 4) is 0 Å². The standard InChI is InChI=1S/C25H32N4O/c1-18(2)22(23-16-27-24-8-4-3-7-21(23)24)14-25(30)28-20-9-12-29(13-10-20)17-19-6-5-11-26-15-19/h3-8,11,15-16,18,20,22,27H,9-10,12-14,17H2,1-2H3,(H,28,30)/t22-/m1/s1. The van der Waals surface area contributed by atoms with Crippen LogP contribution in [0.5, 0.6) is 0 Å². The van der Waals surface area contributed by atoms with E-state index < -0.39 is 0 Å². The maximum atomic E-state index is 12.9. The molecular weight excluding hydrogens is 372 g/mol. The number of piperidine rings is 1. The maximum absolute atomic E-state index is 12.9. The van der Waals surface area contributed by atoms with Crippen LogP contribution in [0.3, 0.4) is 0 Å². The van der Waals surface area contributed by atoms with Crippen LogP contribution >= 0.6 is 0 Å². The molecule has 0 radical (unpaired) electrons. The number of hydrogen-bond acceptors (Lipinski definition) is 3. The number of likely N-dealkylation sites (tertiary alicyclic amines) is 1. The topological polar surface area (TPSA) is 61.0 Å². The number of rotatable bonds is 7. The predicted molar refractivity (Wildman–Crippen MR) is 121 cm³/mol. The molecule has 1 saturated heterocycles. The summed E-state index contributed by atoms with van der Waals surface area (Å²) in [6.45, 7) is 7.36. The lowest BCUT2D eigenvalue weighted by Crippen LogP contribution is -2.44. The number of carbonyl (C=O) groups excluding carboxylic acids is 1. The second-order valence-corrected chi connectivity index (χ2v) is 8.82. The number of nitrogens with one attached hydrogen (secondary N) is 2. The molecule has 0 unspecified atom stereocenters. The number of carbonyl (C=O) groups is 1. The van der Waals surface area contributed by atoms with Gasteiger partial charge in [0.25, 0.3) is 0 Å². The molecule has 2 aromatic heterocycles. The molecule has 0 saturated carbocycles. The molecule has 1 atom stereocenters. The first-order chi connectivity index (χ1) is 14.6. The molecule has 3 heterocycles. The Hall–Kier alpha value is -2.66. The van der Waals surface area contributed by atoms with Crippen molar-refractivity contribution in [2.75, 3.05) is 13.1 Å². The first-order valence-electron chi connectivity index (χ1n) is 11.1. The Labute approximate surface area is 178 Å². The molecule has 2 N–H and O–H groups in total. The third-order valence-corrected chi connectivity index (χ3v) is 6.31. The highest BCUT2D eigenvalue weighted by atomic mass is 16.1. The summed E-state index contributed by atoms with van der Waals surface area (Å²) in [7, 11) is 0. The second-order valence-electron chi connectivity index (χ2n) is 8.82. The Balaban J connectivity index is 1.31. The average Bonchev–Trinajstić information content (AvgIpc) is 3.18. The third kappa shape index (κ3) is 4.90. The molecule has 30 heavy (non-hydrogen) atoms. The van der Waals surface area contributed by atoms with Gasteiger partial charge in [0.15, 0.2) is 0 Å². The minimum absolute atomic E-state index is 0.171. The lowest BCUT2D eigenvalue weighted by atomic mass is 9.85. The van der Waals surface area contributed by atoms with Crippen LogP contribution in [0.1, 0.15) is 50.2 Å². The first kappa shape index (κ1) is 20.6. The van der Waals surface area contributed by atoms with E-state index in [-0.39, 0.29) is 17.9 Å². The number of nitrogens with zero attached hydrogens (tertiary/aromatic N) is 2. The van der Waals surface area contributed by atoms with Crippen LogP contribution in [-0.2, 0) is 11.3 Å². The van der Waals surface area contributed by atoms with E-state index in [1.54, 1.807) is 0 Å². The molecule has 3 aromatic rings. The summed E-state index contributed by atoms with van der Waals surface area (Å²) in [6, 6.07) is 12.7. The Morgan fingerprint density at radius 1 is 1.20 bits per heavy atom. The lowest BCUT2D eigenvalue weighted by Gasteiger charge is -2.32. The van der Waals surface area contributed by atoms with Gasteiger partial charge in [0.1, 0.15) is 0 Å². The molecule has 1 fully saturated rings. The van der Waals surface area contributed by atoms with Crippen molar-refractivity contribution in [2.45, 2.75) is 51.6 Å². The Bertz CT molecular complexity index is 957. The highest BCUT2D eigenvalue weighted by Gasteiger charge is 2.25. The zero-order valence-corrected chi connectivity index (χ0v) is 18.0. The lowest BCUT2D eigenvalue weighted by molar-refractivity contribution is -0.122. The van der Waals surface area contributed by atoms with Crippen molar-refractivity contribution in [1.29, 1.82) is 0 Å². The number of pyridine rings is 1. The molecule has 1 aliphatic rings. The molecule has 5 heteroatoms. The van der Waals surface area contributed by atoms with Crippen molar-refractivity contribution in [1.82, 2.24) is 20.2 Å². The van der Waals surface area contributed by atoms with Gasteiger partial charge in [-0.1, -0.05) is 38.1 Å². The summed E-state index contributed by atoms with van der Waals surface area (Å²) in [5.74, 6) is 0.785. The van der Waals surface area contributed by atoms with Gasteiger partial charge in [-0.25, -0.2) is 0 Å². The smallest absolute Gasteiger partial charge is 0.220 e. The molecule has 4 rings (SSSR count). The van der Waals surface area contributed by atoms with Crippen molar-refractivity contribution in [3.63, 3.8) is 0 Å². The normalized spacial score (nSPS) is 16.8. The van der Waals surface area contributed by atoms with Crippen molar-refractivity contribution in [3.05, 3.63) is 66.1 Å². The number of para-hydroxylation sites is 1. The van der Waals surface area contributed by atoms with Gasteiger partial charge >= 0.3 is 0 Å². The fourth-order valence-corrected chi connectivity index (χ4v) is 4.58. The summed E-state index contributed by atoms with van der Waals surface area (Å²) in [4.78, 5) is 22.9. The Morgan fingerprint density at radius 3 is 2.73 bits per heavy atom. The summed E-state index contributed by atoms with van der Waals surface area (Å²) in [5, 5.41) is 4.54. The molecule has 1 aliphatic heterocycles. The number of amides is 1. The summed E-state index contributed by atoms with van der Waals surface area (Å²) < 4.78 is 0. The molecule has 158 valence electrons. The highest BCUT2D eigenvalue weighted by Crippen LogP contribution is 2.33. The molecule has 0 bridgehead atoms. The summed E-state index contributed by atoms with van der Waals surface area (Å²) in [5.41, 5.74) is 3.64. The SMILES string of the molecule is CC(C)[C@@H](CC(=O)NC1CCN(Cc2cccnc2)CC1)c1c[nH]c2ccccc12. The van der Waals surface area contributed by atoms with E-state index in [2.05, 4.69) is 64.5 Å². The van der Waals surface area contributed by atoms with Crippen LogP contribution < -0.4 is 5.32 Å². The van der Waals surface area contributed by atoms with Crippen LogP contribution in [0, 0.1) is 5.92 Å². The zero-order valence-electron chi connectivity index (χ0n) is 18.0. The quantitative estimate of drug-likeness (QED) is 0.611. The van der Waals surface area contributed by atoms with Crippen LogP contribution in [-0.4, -0.2) is 39.9 Å². The molecule has 1 amide bonds. The summed E-state index contributed by atoms with van der Waals surface area (Å²) >= 11 is 0. The minimum atomic E-state index is 0.171. The van der Waals surface area contributed by atoms with Gasteiger partial charge in [-0.15, -0.1) is 0 Å². The fourth-order valence-electron chi connectivity index (χ4n) is 4.58. The van der Waals surface area contributed by atoms with Crippen molar-refractivity contribution >= 4 is 16.8 Å². The van der Waals surface area contributed by atoms with Crippen LogP contribution in [0.4, 0.5) is 0 Å². The number of benzene rings is 1. The maximum Gasteiger partial charge on any atom is 0.220 e. The molecular formula is C25H32N4O. The second kappa shape index (κ2) is 9.43. The number of H-pyrrole nitrogens is 1. The Kier molecular flexibility index (Phi) is 6.48. The van der Waals surface area contributed by atoms with E-state index in [0.29, 0.717) is 12.3 Å².